The van der Waals surface area contributed by atoms with Crippen molar-refractivity contribution >= 4 is 29.5 Å². The number of carbonyl (C=O) groups is 2. The van der Waals surface area contributed by atoms with Gasteiger partial charge in [0.2, 0.25) is 0 Å². The Hall–Kier alpha value is -3.93. The van der Waals surface area contributed by atoms with E-state index in [4.69, 9.17) is 9.47 Å². The number of hydrogen-bond acceptors (Lipinski definition) is 5. The van der Waals surface area contributed by atoms with E-state index < -0.39 is 0 Å². The SMILES string of the molecule is CCOC(=O)c1ccc(N=Cc2ccc(OCC(=O)Nc3ccc(C)cc3)cc2)cc1. The molecule has 1 N–H and O–H groups in total. The van der Waals surface area contributed by atoms with Gasteiger partial charge in [-0.15, -0.1) is 0 Å². The van der Waals surface area contributed by atoms with Crippen LogP contribution in [0.4, 0.5) is 11.4 Å². The fourth-order valence-electron chi connectivity index (χ4n) is 2.68. The summed E-state index contributed by atoms with van der Waals surface area (Å²) < 4.78 is 10.5. The number of anilines is 1. The van der Waals surface area contributed by atoms with E-state index in [-0.39, 0.29) is 18.5 Å². The fraction of sp³-hybridized carbons (Fsp3) is 0.160. The molecule has 3 aromatic carbocycles. The molecule has 0 heterocycles. The van der Waals surface area contributed by atoms with Crippen LogP contribution in [0.25, 0.3) is 0 Å². The zero-order valence-electron chi connectivity index (χ0n) is 17.5. The normalized spacial score (nSPS) is 10.6. The van der Waals surface area contributed by atoms with E-state index in [0.717, 1.165) is 22.5 Å². The van der Waals surface area contributed by atoms with Gasteiger partial charge < -0.3 is 14.8 Å². The van der Waals surface area contributed by atoms with Gasteiger partial charge in [0.1, 0.15) is 5.75 Å². The molecule has 0 atom stereocenters. The number of rotatable bonds is 8. The largest absolute Gasteiger partial charge is 0.484 e. The molecule has 158 valence electrons. The molecular weight excluding hydrogens is 392 g/mol. The van der Waals surface area contributed by atoms with E-state index in [2.05, 4.69) is 10.3 Å². The lowest BCUT2D eigenvalue weighted by molar-refractivity contribution is -0.118. The van der Waals surface area contributed by atoms with Gasteiger partial charge in [0.05, 0.1) is 17.9 Å². The van der Waals surface area contributed by atoms with Crippen molar-refractivity contribution < 1.29 is 19.1 Å². The highest BCUT2D eigenvalue weighted by Crippen LogP contribution is 2.16. The molecule has 0 fully saturated rings. The molecule has 3 aromatic rings. The zero-order valence-corrected chi connectivity index (χ0v) is 17.5. The molecular formula is C25H24N2O4. The van der Waals surface area contributed by atoms with Crippen LogP contribution in [-0.2, 0) is 9.53 Å². The van der Waals surface area contributed by atoms with Gasteiger partial charge in [-0.05, 0) is 80.1 Å². The average Bonchev–Trinajstić information content (AvgIpc) is 2.79. The van der Waals surface area contributed by atoms with Crippen LogP contribution in [0.15, 0.2) is 77.8 Å². The number of esters is 1. The minimum Gasteiger partial charge on any atom is -0.484 e. The first-order chi connectivity index (χ1) is 15.0. The summed E-state index contributed by atoms with van der Waals surface area (Å²) in [4.78, 5) is 28.1. The predicted molar refractivity (Wildman–Crippen MR) is 121 cm³/mol. The van der Waals surface area contributed by atoms with Crippen LogP contribution in [0.3, 0.4) is 0 Å². The van der Waals surface area contributed by atoms with Crippen LogP contribution in [0.1, 0.15) is 28.4 Å². The van der Waals surface area contributed by atoms with Crippen molar-refractivity contribution in [2.75, 3.05) is 18.5 Å². The lowest BCUT2D eigenvalue weighted by Gasteiger charge is -2.08. The number of amides is 1. The van der Waals surface area contributed by atoms with E-state index in [1.54, 1.807) is 49.5 Å². The number of nitrogens with one attached hydrogen (secondary N) is 1. The van der Waals surface area contributed by atoms with Crippen LogP contribution in [0.5, 0.6) is 5.75 Å². The monoisotopic (exact) mass is 416 g/mol. The molecule has 0 saturated carbocycles. The Morgan fingerprint density at radius 3 is 2.26 bits per heavy atom. The molecule has 0 radical (unpaired) electrons. The highest BCUT2D eigenvalue weighted by atomic mass is 16.5. The Bertz CT molecular complexity index is 1040. The molecule has 0 aliphatic carbocycles. The van der Waals surface area contributed by atoms with Gasteiger partial charge in [0.25, 0.3) is 5.91 Å². The third-order valence-electron chi connectivity index (χ3n) is 4.33. The highest BCUT2D eigenvalue weighted by Gasteiger charge is 2.05. The van der Waals surface area contributed by atoms with Crippen molar-refractivity contribution in [2.24, 2.45) is 4.99 Å². The molecule has 0 saturated heterocycles. The highest BCUT2D eigenvalue weighted by molar-refractivity contribution is 5.92. The number of benzene rings is 3. The van der Waals surface area contributed by atoms with Crippen molar-refractivity contribution in [1.82, 2.24) is 0 Å². The average molecular weight is 416 g/mol. The first-order valence-corrected chi connectivity index (χ1v) is 9.94. The maximum atomic E-state index is 12.0. The van der Waals surface area contributed by atoms with Crippen LogP contribution in [0, 0.1) is 6.92 Å². The lowest BCUT2D eigenvalue weighted by atomic mass is 10.2. The summed E-state index contributed by atoms with van der Waals surface area (Å²) in [5.41, 5.74) is 3.97. The van der Waals surface area contributed by atoms with Gasteiger partial charge in [-0.2, -0.15) is 0 Å². The molecule has 6 nitrogen and oxygen atoms in total. The first kappa shape index (κ1) is 21.8. The number of aliphatic imine (C=N–C) groups is 1. The Morgan fingerprint density at radius 1 is 0.935 bits per heavy atom. The summed E-state index contributed by atoms with van der Waals surface area (Å²) in [6.07, 6.45) is 1.72. The first-order valence-electron chi connectivity index (χ1n) is 9.94. The molecule has 6 heteroatoms. The van der Waals surface area contributed by atoms with Gasteiger partial charge in [0.15, 0.2) is 6.61 Å². The molecule has 0 unspecified atom stereocenters. The molecule has 0 aliphatic rings. The Kier molecular flexibility index (Phi) is 7.54. The minimum atomic E-state index is -0.346. The Balaban J connectivity index is 1.49. The van der Waals surface area contributed by atoms with Crippen LogP contribution < -0.4 is 10.1 Å². The summed E-state index contributed by atoms with van der Waals surface area (Å²) in [7, 11) is 0. The van der Waals surface area contributed by atoms with E-state index >= 15 is 0 Å². The molecule has 0 aromatic heterocycles. The second kappa shape index (κ2) is 10.7. The Morgan fingerprint density at radius 2 is 1.61 bits per heavy atom. The summed E-state index contributed by atoms with van der Waals surface area (Å²) in [6, 6.07) is 21.7. The lowest BCUT2D eigenvalue weighted by Crippen LogP contribution is -2.20. The third kappa shape index (κ3) is 6.82. The summed E-state index contributed by atoms with van der Waals surface area (Å²) in [5.74, 6) is 0.0249. The van der Waals surface area contributed by atoms with Crippen molar-refractivity contribution in [1.29, 1.82) is 0 Å². The predicted octanol–water partition coefficient (Wildman–Crippen LogP) is 4.94. The number of aryl methyl sites for hydroxylation is 1. The van der Waals surface area contributed by atoms with Gasteiger partial charge in [0, 0.05) is 11.9 Å². The molecule has 3 rings (SSSR count). The number of nitrogens with zero attached hydrogens (tertiary/aromatic N) is 1. The topological polar surface area (TPSA) is 77.0 Å². The van der Waals surface area contributed by atoms with Crippen molar-refractivity contribution in [3.05, 3.63) is 89.5 Å². The van der Waals surface area contributed by atoms with Crippen molar-refractivity contribution in [2.45, 2.75) is 13.8 Å². The number of carbonyl (C=O) groups excluding carboxylic acids is 2. The maximum absolute atomic E-state index is 12.0. The number of ether oxygens (including phenoxy) is 2. The second-order valence-electron chi connectivity index (χ2n) is 6.80. The van der Waals surface area contributed by atoms with E-state index in [1.165, 1.54) is 0 Å². The maximum Gasteiger partial charge on any atom is 0.338 e. The summed E-state index contributed by atoms with van der Waals surface area (Å²) in [6.45, 7) is 4.03. The van der Waals surface area contributed by atoms with E-state index in [1.807, 2.05) is 43.3 Å². The van der Waals surface area contributed by atoms with Crippen LogP contribution >= 0.6 is 0 Å². The quantitative estimate of drug-likeness (QED) is 0.417. The number of hydrogen-bond donors (Lipinski definition) is 1. The summed E-state index contributed by atoms with van der Waals surface area (Å²) in [5, 5.41) is 2.79. The molecule has 0 spiro atoms. The molecule has 1 amide bonds. The van der Waals surface area contributed by atoms with Crippen LogP contribution in [0.2, 0.25) is 0 Å². The van der Waals surface area contributed by atoms with Crippen molar-refractivity contribution in [3.63, 3.8) is 0 Å². The minimum absolute atomic E-state index is 0.0753. The summed E-state index contributed by atoms with van der Waals surface area (Å²) >= 11 is 0. The zero-order chi connectivity index (χ0) is 22.1. The van der Waals surface area contributed by atoms with E-state index in [0.29, 0.717) is 17.9 Å². The van der Waals surface area contributed by atoms with E-state index in [9.17, 15) is 9.59 Å². The fourth-order valence-corrected chi connectivity index (χ4v) is 2.68. The molecule has 0 bridgehead atoms. The molecule has 31 heavy (non-hydrogen) atoms. The van der Waals surface area contributed by atoms with Gasteiger partial charge in [-0.1, -0.05) is 17.7 Å². The van der Waals surface area contributed by atoms with Gasteiger partial charge in [-0.25, -0.2) is 4.79 Å². The van der Waals surface area contributed by atoms with Gasteiger partial charge in [-0.3, -0.25) is 9.79 Å². The van der Waals surface area contributed by atoms with Crippen molar-refractivity contribution in [3.8, 4) is 5.75 Å². The Labute approximate surface area is 181 Å². The van der Waals surface area contributed by atoms with Gasteiger partial charge >= 0.3 is 5.97 Å². The second-order valence-corrected chi connectivity index (χ2v) is 6.80. The smallest absolute Gasteiger partial charge is 0.338 e. The molecule has 0 aliphatic heterocycles. The third-order valence-corrected chi connectivity index (χ3v) is 4.33. The van der Waals surface area contributed by atoms with Crippen LogP contribution in [-0.4, -0.2) is 31.3 Å². The standard InChI is InChI=1S/C25H24N2O4/c1-3-30-25(29)20-8-12-21(13-9-20)26-16-19-6-14-23(15-7-19)31-17-24(28)27-22-10-4-18(2)5-11-22/h4-16H,3,17H2,1-2H3,(H,27,28).